The molecule has 7 heteroatoms. The highest BCUT2D eigenvalue weighted by Gasteiger charge is 2.41. The zero-order chi connectivity index (χ0) is 19.1. The molecular weight excluding hydrogens is 358 g/mol. The molecule has 5 rings (SSSR count). The second-order valence-electron chi connectivity index (χ2n) is 7.87. The van der Waals surface area contributed by atoms with Crippen LogP contribution in [0.4, 0.5) is 4.79 Å². The summed E-state index contributed by atoms with van der Waals surface area (Å²) in [7, 11) is 0. The number of pyridine rings is 1. The number of fused-ring (bicyclic) bond motifs is 2. The summed E-state index contributed by atoms with van der Waals surface area (Å²) in [5, 5.41) is 9.15. The van der Waals surface area contributed by atoms with Gasteiger partial charge in [0.1, 0.15) is 6.61 Å². The van der Waals surface area contributed by atoms with E-state index < -0.39 is 6.09 Å². The maximum atomic E-state index is 11.1. The van der Waals surface area contributed by atoms with Gasteiger partial charge in [0.2, 0.25) is 0 Å². The lowest BCUT2D eigenvalue weighted by Crippen LogP contribution is -2.32. The van der Waals surface area contributed by atoms with Gasteiger partial charge in [-0.3, -0.25) is 4.90 Å². The van der Waals surface area contributed by atoms with Gasteiger partial charge >= 0.3 is 6.09 Å². The van der Waals surface area contributed by atoms with Crippen LogP contribution in [0.5, 0.6) is 11.6 Å². The van der Waals surface area contributed by atoms with Crippen LogP contribution in [0.1, 0.15) is 17.2 Å². The Labute approximate surface area is 163 Å². The van der Waals surface area contributed by atoms with Gasteiger partial charge in [-0.15, -0.1) is 0 Å². The van der Waals surface area contributed by atoms with Crippen molar-refractivity contribution >= 4 is 6.09 Å². The van der Waals surface area contributed by atoms with Crippen LogP contribution in [-0.2, 0) is 6.54 Å². The van der Waals surface area contributed by atoms with Crippen LogP contribution in [-0.4, -0.2) is 58.8 Å². The maximum Gasteiger partial charge on any atom is 0.407 e. The van der Waals surface area contributed by atoms with Crippen LogP contribution >= 0.6 is 0 Å². The molecule has 2 aromatic rings. The first-order chi connectivity index (χ1) is 13.7. The fraction of sp³-hybridized carbons (Fsp3) is 0.429. The zero-order valence-electron chi connectivity index (χ0n) is 15.5. The molecule has 1 aromatic carbocycles. The molecule has 0 radical (unpaired) electrons. The van der Waals surface area contributed by atoms with Crippen molar-refractivity contribution in [2.75, 3.05) is 32.8 Å². The summed E-state index contributed by atoms with van der Waals surface area (Å²) >= 11 is 0. The fourth-order valence-corrected chi connectivity index (χ4v) is 4.54. The van der Waals surface area contributed by atoms with E-state index in [4.69, 9.17) is 14.6 Å². The monoisotopic (exact) mass is 381 g/mol. The molecule has 146 valence electrons. The fourth-order valence-electron chi connectivity index (χ4n) is 4.54. The van der Waals surface area contributed by atoms with Crippen molar-refractivity contribution in [3.63, 3.8) is 0 Å². The first-order valence-corrected chi connectivity index (χ1v) is 9.69. The minimum Gasteiger partial charge on any atom is -0.484 e. The predicted octanol–water partition coefficient (Wildman–Crippen LogP) is 2.64. The van der Waals surface area contributed by atoms with Crippen LogP contribution in [0, 0.1) is 11.8 Å². The maximum absolute atomic E-state index is 11.1. The minimum absolute atomic E-state index is 0.149. The molecule has 28 heavy (non-hydrogen) atoms. The highest BCUT2D eigenvalue weighted by atomic mass is 16.6. The van der Waals surface area contributed by atoms with E-state index in [1.54, 1.807) is 11.1 Å². The number of rotatable bonds is 3. The van der Waals surface area contributed by atoms with Gasteiger partial charge in [0.25, 0.3) is 5.88 Å². The normalized spacial score (nSPS) is 26.3. The van der Waals surface area contributed by atoms with Gasteiger partial charge in [-0.2, -0.15) is 0 Å². The van der Waals surface area contributed by atoms with E-state index in [9.17, 15) is 4.79 Å². The van der Waals surface area contributed by atoms with Gasteiger partial charge in [-0.25, -0.2) is 9.78 Å². The number of benzene rings is 1. The quantitative estimate of drug-likeness (QED) is 0.881. The Hall–Kier alpha value is -2.80. The molecule has 0 bridgehead atoms. The molecule has 1 N–H and O–H groups in total. The van der Waals surface area contributed by atoms with Crippen LogP contribution < -0.4 is 9.47 Å². The van der Waals surface area contributed by atoms with E-state index in [2.05, 4.69) is 34.1 Å². The van der Waals surface area contributed by atoms with Crippen molar-refractivity contribution in [1.82, 2.24) is 14.8 Å². The molecule has 2 unspecified atom stereocenters. The molecule has 0 saturated carbocycles. The van der Waals surface area contributed by atoms with Gasteiger partial charge in [0.15, 0.2) is 11.9 Å². The molecule has 0 aliphatic carbocycles. The minimum atomic E-state index is -0.789. The number of nitrogens with zero attached hydrogens (tertiary/aromatic N) is 3. The van der Waals surface area contributed by atoms with Crippen LogP contribution in [0.2, 0.25) is 0 Å². The molecule has 0 spiro atoms. The summed E-state index contributed by atoms with van der Waals surface area (Å²) < 4.78 is 11.7. The van der Waals surface area contributed by atoms with Crippen molar-refractivity contribution in [2.24, 2.45) is 11.8 Å². The second kappa shape index (κ2) is 6.98. The summed E-state index contributed by atoms with van der Waals surface area (Å²) in [6.45, 7) is 4.66. The van der Waals surface area contributed by atoms with E-state index >= 15 is 0 Å². The number of hydrogen-bond acceptors (Lipinski definition) is 5. The number of aromatic nitrogens is 1. The number of amides is 1. The van der Waals surface area contributed by atoms with Crippen molar-refractivity contribution in [3.8, 4) is 11.6 Å². The van der Waals surface area contributed by atoms with Crippen LogP contribution in [0.15, 0.2) is 42.6 Å². The number of hydrogen-bond donors (Lipinski definition) is 1. The highest BCUT2D eigenvalue weighted by Crippen LogP contribution is 2.34. The summed E-state index contributed by atoms with van der Waals surface area (Å²) in [6.07, 6.45) is 0.766. The number of carbonyl (C=O) groups is 1. The van der Waals surface area contributed by atoms with Gasteiger partial charge in [-0.1, -0.05) is 24.3 Å². The molecule has 1 amide bonds. The van der Waals surface area contributed by atoms with Gasteiger partial charge < -0.3 is 19.5 Å². The number of ether oxygens (including phenoxy) is 2. The Kier molecular flexibility index (Phi) is 4.31. The summed E-state index contributed by atoms with van der Waals surface area (Å²) in [6, 6.07) is 12.2. The van der Waals surface area contributed by atoms with E-state index in [-0.39, 0.29) is 6.10 Å². The van der Waals surface area contributed by atoms with Crippen LogP contribution in [0.25, 0.3) is 0 Å². The number of likely N-dealkylation sites (tertiary alicyclic amines) is 2. The highest BCUT2D eigenvalue weighted by molar-refractivity contribution is 5.65. The van der Waals surface area contributed by atoms with Gasteiger partial charge in [0, 0.05) is 38.9 Å². The standard InChI is InChI=1S/C21H23N3O4/c25-21(26)24-11-16-9-23(10-17(16)12-24)8-14-3-5-15(6-4-14)19-13-27-18-2-1-7-22-20(18)28-19/h1-7,16-17,19H,8-13H2,(H,25,26)/t16?,17?,19-/m1/s1. The Balaban J connectivity index is 1.19. The first kappa shape index (κ1) is 17.3. The lowest BCUT2D eigenvalue weighted by Gasteiger charge is -2.26. The Morgan fingerprint density at radius 3 is 2.57 bits per heavy atom. The van der Waals surface area contributed by atoms with Crippen molar-refractivity contribution in [1.29, 1.82) is 0 Å². The topological polar surface area (TPSA) is 75.1 Å². The molecule has 1 aromatic heterocycles. The van der Waals surface area contributed by atoms with Crippen molar-refractivity contribution in [2.45, 2.75) is 12.6 Å². The smallest absolute Gasteiger partial charge is 0.407 e. The van der Waals surface area contributed by atoms with Gasteiger partial charge in [-0.05, 0) is 35.1 Å². The van der Waals surface area contributed by atoms with E-state index in [1.165, 1.54) is 5.56 Å². The van der Waals surface area contributed by atoms with E-state index in [1.807, 2.05) is 12.1 Å². The van der Waals surface area contributed by atoms with Gasteiger partial charge in [0.05, 0.1) is 0 Å². The Morgan fingerprint density at radius 2 is 1.86 bits per heavy atom. The number of carboxylic acid groups (broad SMARTS) is 1. The molecular formula is C21H23N3O4. The summed E-state index contributed by atoms with van der Waals surface area (Å²) in [4.78, 5) is 19.3. The molecule has 3 aliphatic rings. The largest absolute Gasteiger partial charge is 0.484 e. The third kappa shape index (κ3) is 3.26. The average molecular weight is 381 g/mol. The molecule has 7 nitrogen and oxygen atoms in total. The third-order valence-electron chi connectivity index (χ3n) is 5.97. The predicted molar refractivity (Wildman–Crippen MR) is 101 cm³/mol. The molecule has 2 fully saturated rings. The molecule has 2 saturated heterocycles. The van der Waals surface area contributed by atoms with Crippen molar-refractivity contribution < 1.29 is 19.4 Å². The SMILES string of the molecule is O=C(O)N1CC2CN(Cc3ccc([C@H]4COc5cccnc5O4)cc3)CC2C1. The first-order valence-electron chi connectivity index (χ1n) is 9.69. The van der Waals surface area contributed by atoms with Crippen LogP contribution in [0.3, 0.4) is 0 Å². The lowest BCUT2D eigenvalue weighted by atomic mass is 10.0. The Morgan fingerprint density at radius 1 is 1.11 bits per heavy atom. The third-order valence-corrected chi connectivity index (χ3v) is 5.97. The molecule has 4 heterocycles. The summed E-state index contributed by atoms with van der Waals surface area (Å²) in [5.74, 6) is 2.17. The van der Waals surface area contributed by atoms with E-state index in [0.29, 0.717) is 43.2 Å². The van der Waals surface area contributed by atoms with Crippen molar-refractivity contribution in [3.05, 3.63) is 53.7 Å². The average Bonchev–Trinajstić information content (AvgIpc) is 3.27. The zero-order valence-corrected chi connectivity index (χ0v) is 15.5. The molecule has 3 aliphatic heterocycles. The lowest BCUT2D eigenvalue weighted by molar-refractivity contribution is 0.0851. The second-order valence-corrected chi connectivity index (χ2v) is 7.87. The Bertz CT molecular complexity index is 858. The summed E-state index contributed by atoms with van der Waals surface area (Å²) in [5.41, 5.74) is 2.34. The van der Waals surface area contributed by atoms with E-state index in [0.717, 1.165) is 25.2 Å². The molecule has 3 atom stereocenters.